The lowest BCUT2D eigenvalue weighted by Gasteiger charge is -2.14. The topological polar surface area (TPSA) is 74.4 Å². The Bertz CT molecular complexity index is 1230. The number of amides is 1. The van der Waals surface area contributed by atoms with Crippen LogP contribution in [-0.2, 0) is 11.2 Å². The van der Waals surface area contributed by atoms with Gasteiger partial charge in [-0.1, -0.05) is 48.5 Å². The zero-order chi connectivity index (χ0) is 21.4. The number of phenolic OH excluding ortho intramolecular Hbond substituents is 1. The van der Waals surface area contributed by atoms with Crippen LogP contribution in [0.3, 0.4) is 0 Å². The molecule has 0 saturated carbocycles. The maximum Gasteiger partial charge on any atom is 0.407 e. The van der Waals surface area contributed by atoms with Crippen LogP contribution in [0.1, 0.15) is 28.3 Å². The molecule has 4 aromatic rings. The van der Waals surface area contributed by atoms with Gasteiger partial charge in [0, 0.05) is 29.1 Å². The second-order valence-corrected chi connectivity index (χ2v) is 7.96. The summed E-state index contributed by atoms with van der Waals surface area (Å²) < 4.78 is 5.60. The number of aromatic hydroxyl groups is 1. The predicted molar refractivity (Wildman–Crippen MR) is 121 cm³/mol. The number of phenols is 1. The number of alkyl carbamates (subject to hydrolysis) is 1. The number of hydrogen-bond donors (Lipinski definition) is 3. The van der Waals surface area contributed by atoms with Crippen LogP contribution in [0.2, 0.25) is 0 Å². The molecule has 3 N–H and O–H groups in total. The maximum absolute atomic E-state index is 12.4. The Kier molecular flexibility index (Phi) is 4.86. The van der Waals surface area contributed by atoms with E-state index in [1.54, 1.807) is 12.1 Å². The van der Waals surface area contributed by atoms with Gasteiger partial charge in [0.05, 0.1) is 0 Å². The monoisotopic (exact) mass is 412 g/mol. The van der Waals surface area contributed by atoms with E-state index >= 15 is 0 Å². The van der Waals surface area contributed by atoms with Crippen LogP contribution in [0.25, 0.3) is 22.0 Å². The fourth-order valence-corrected chi connectivity index (χ4v) is 4.63. The summed E-state index contributed by atoms with van der Waals surface area (Å²) >= 11 is 0. The van der Waals surface area contributed by atoms with Gasteiger partial charge in [-0.05, 0) is 59.4 Å². The van der Waals surface area contributed by atoms with Crippen LogP contribution >= 0.6 is 0 Å². The molecule has 31 heavy (non-hydrogen) atoms. The Morgan fingerprint density at radius 1 is 1.03 bits per heavy atom. The highest BCUT2D eigenvalue weighted by Crippen LogP contribution is 2.44. The van der Waals surface area contributed by atoms with Crippen LogP contribution < -0.4 is 5.32 Å². The van der Waals surface area contributed by atoms with E-state index in [0.29, 0.717) is 19.6 Å². The number of aromatic amines is 1. The molecule has 5 rings (SSSR count). The molecule has 0 saturated heterocycles. The maximum atomic E-state index is 12.4. The number of aryl methyl sites for hydroxylation is 1. The van der Waals surface area contributed by atoms with Gasteiger partial charge in [0.1, 0.15) is 12.4 Å². The van der Waals surface area contributed by atoms with E-state index in [4.69, 9.17) is 4.74 Å². The quantitative estimate of drug-likeness (QED) is 0.418. The molecule has 0 aliphatic heterocycles. The van der Waals surface area contributed by atoms with Gasteiger partial charge in [-0.25, -0.2) is 4.79 Å². The minimum atomic E-state index is -0.415. The number of fused-ring (bicyclic) bond motifs is 4. The molecule has 0 unspecified atom stereocenters. The summed E-state index contributed by atoms with van der Waals surface area (Å²) in [5, 5.41) is 13.6. The van der Waals surface area contributed by atoms with Crippen molar-refractivity contribution >= 4 is 17.0 Å². The van der Waals surface area contributed by atoms with Gasteiger partial charge >= 0.3 is 6.09 Å². The number of nitrogens with one attached hydrogen (secondary N) is 2. The first-order chi connectivity index (χ1) is 15.1. The molecule has 5 nitrogen and oxygen atoms in total. The number of carbonyl (C=O) groups excluding carboxylic acids is 1. The SMILES string of the molecule is Cc1[nH]c2ccc(O)cc2c1CCNC(=O)OCC1c2ccccc2-c2ccccc21. The van der Waals surface area contributed by atoms with Crippen LogP contribution in [0.4, 0.5) is 4.79 Å². The van der Waals surface area contributed by atoms with Gasteiger partial charge in [0.2, 0.25) is 0 Å². The van der Waals surface area contributed by atoms with E-state index in [1.165, 1.54) is 22.3 Å². The molecule has 1 aromatic heterocycles. The first-order valence-corrected chi connectivity index (χ1v) is 10.5. The Morgan fingerprint density at radius 2 is 1.71 bits per heavy atom. The molecular formula is C26H24N2O3. The predicted octanol–water partition coefficient (Wildman–Crippen LogP) is 5.26. The fourth-order valence-electron chi connectivity index (χ4n) is 4.63. The molecule has 0 radical (unpaired) electrons. The van der Waals surface area contributed by atoms with Gasteiger partial charge in [0.15, 0.2) is 0 Å². The highest BCUT2D eigenvalue weighted by atomic mass is 16.5. The normalized spacial score (nSPS) is 12.5. The Hall–Kier alpha value is -3.73. The summed E-state index contributed by atoms with van der Waals surface area (Å²) in [6.45, 7) is 2.76. The molecule has 3 aromatic carbocycles. The molecule has 1 amide bonds. The van der Waals surface area contributed by atoms with E-state index in [2.05, 4.69) is 34.6 Å². The Labute approximate surface area is 180 Å². The average molecular weight is 412 g/mol. The van der Waals surface area contributed by atoms with Crippen LogP contribution in [0.5, 0.6) is 5.75 Å². The van der Waals surface area contributed by atoms with Crippen molar-refractivity contribution in [3.8, 4) is 16.9 Å². The van der Waals surface area contributed by atoms with E-state index < -0.39 is 6.09 Å². The molecule has 156 valence electrons. The van der Waals surface area contributed by atoms with E-state index in [9.17, 15) is 9.90 Å². The standard InChI is InChI=1S/C26H24N2O3/c1-16-18(23-14-17(29)10-11-25(23)28-16)12-13-27-26(30)31-15-24-21-8-4-2-6-19(21)20-7-3-5-9-22(20)24/h2-11,14,24,28-29H,12-13,15H2,1H3,(H,27,30). The number of carbonyl (C=O) groups is 1. The summed E-state index contributed by atoms with van der Waals surface area (Å²) in [6, 6.07) is 21.9. The molecule has 0 fully saturated rings. The zero-order valence-electron chi connectivity index (χ0n) is 17.3. The summed E-state index contributed by atoms with van der Waals surface area (Å²) in [5.74, 6) is 0.286. The van der Waals surface area contributed by atoms with Gasteiger partial charge in [-0.2, -0.15) is 0 Å². The molecule has 0 bridgehead atoms. The van der Waals surface area contributed by atoms with Crippen molar-refractivity contribution in [1.29, 1.82) is 0 Å². The van der Waals surface area contributed by atoms with Crippen molar-refractivity contribution < 1.29 is 14.6 Å². The van der Waals surface area contributed by atoms with E-state index in [1.807, 2.05) is 37.3 Å². The van der Waals surface area contributed by atoms with Crippen molar-refractivity contribution in [2.75, 3.05) is 13.2 Å². The first kappa shape index (κ1) is 19.2. The van der Waals surface area contributed by atoms with Crippen molar-refractivity contribution in [1.82, 2.24) is 10.3 Å². The van der Waals surface area contributed by atoms with Crippen molar-refractivity contribution in [3.05, 3.63) is 89.1 Å². The molecule has 1 aliphatic rings. The molecule has 5 heteroatoms. The largest absolute Gasteiger partial charge is 0.508 e. The van der Waals surface area contributed by atoms with Crippen LogP contribution in [-0.4, -0.2) is 29.3 Å². The number of H-pyrrole nitrogens is 1. The number of rotatable bonds is 5. The minimum Gasteiger partial charge on any atom is -0.508 e. The lowest BCUT2D eigenvalue weighted by atomic mass is 9.98. The smallest absolute Gasteiger partial charge is 0.407 e. The number of ether oxygens (including phenoxy) is 1. The van der Waals surface area contributed by atoms with E-state index in [0.717, 1.165) is 22.2 Å². The Morgan fingerprint density at radius 3 is 2.42 bits per heavy atom. The van der Waals surface area contributed by atoms with Gasteiger partial charge in [-0.15, -0.1) is 0 Å². The average Bonchev–Trinajstić information content (AvgIpc) is 3.26. The summed E-state index contributed by atoms with van der Waals surface area (Å²) in [4.78, 5) is 15.7. The number of benzene rings is 3. The second-order valence-electron chi connectivity index (χ2n) is 7.96. The van der Waals surface area contributed by atoms with Crippen molar-refractivity contribution in [2.45, 2.75) is 19.3 Å². The Balaban J connectivity index is 1.22. The third kappa shape index (κ3) is 3.52. The lowest BCUT2D eigenvalue weighted by Crippen LogP contribution is -2.28. The third-order valence-electron chi connectivity index (χ3n) is 6.09. The zero-order valence-corrected chi connectivity index (χ0v) is 17.3. The highest BCUT2D eigenvalue weighted by molar-refractivity contribution is 5.86. The molecule has 0 atom stereocenters. The third-order valence-corrected chi connectivity index (χ3v) is 6.09. The second kappa shape index (κ2) is 7.84. The van der Waals surface area contributed by atoms with Crippen LogP contribution in [0, 0.1) is 6.92 Å². The molecule has 1 aliphatic carbocycles. The van der Waals surface area contributed by atoms with Crippen molar-refractivity contribution in [3.63, 3.8) is 0 Å². The summed E-state index contributed by atoms with van der Waals surface area (Å²) in [7, 11) is 0. The molecule has 1 heterocycles. The van der Waals surface area contributed by atoms with Gasteiger partial charge < -0.3 is 20.1 Å². The summed E-state index contributed by atoms with van der Waals surface area (Å²) in [5.41, 5.74) is 7.93. The van der Waals surface area contributed by atoms with Gasteiger partial charge in [-0.3, -0.25) is 0 Å². The van der Waals surface area contributed by atoms with Crippen LogP contribution in [0.15, 0.2) is 66.7 Å². The summed E-state index contributed by atoms with van der Waals surface area (Å²) in [6.07, 6.45) is 0.238. The lowest BCUT2D eigenvalue weighted by molar-refractivity contribution is 0.143. The highest BCUT2D eigenvalue weighted by Gasteiger charge is 2.28. The van der Waals surface area contributed by atoms with Crippen molar-refractivity contribution in [2.24, 2.45) is 0 Å². The first-order valence-electron chi connectivity index (χ1n) is 10.5. The van der Waals surface area contributed by atoms with E-state index in [-0.39, 0.29) is 11.7 Å². The van der Waals surface area contributed by atoms with Gasteiger partial charge in [0.25, 0.3) is 0 Å². The number of hydrogen-bond acceptors (Lipinski definition) is 3. The molecular weight excluding hydrogens is 388 g/mol. The molecule has 0 spiro atoms. The number of aromatic nitrogens is 1. The fraction of sp³-hybridized carbons (Fsp3) is 0.192. The minimum absolute atomic E-state index is 0.0528.